The van der Waals surface area contributed by atoms with Crippen molar-refractivity contribution in [2.24, 2.45) is 5.41 Å². The third kappa shape index (κ3) is 5.85. The summed E-state index contributed by atoms with van der Waals surface area (Å²) in [6.45, 7) is 3.14. The van der Waals surface area contributed by atoms with Crippen LogP contribution in [0.15, 0.2) is 48.5 Å². The van der Waals surface area contributed by atoms with Crippen LogP contribution in [0.5, 0.6) is 5.75 Å². The summed E-state index contributed by atoms with van der Waals surface area (Å²) in [4.78, 5) is 31.7. The fraction of sp³-hybridized carbons (Fsp3) is 0.548. The summed E-state index contributed by atoms with van der Waals surface area (Å²) in [5.74, 6) is 0.693. The Bertz CT molecular complexity index is 1110. The van der Waals surface area contributed by atoms with E-state index in [0.29, 0.717) is 36.9 Å². The largest absolute Gasteiger partial charge is 0.493 e. The monoisotopic (exact) mass is 540 g/mol. The van der Waals surface area contributed by atoms with Crippen molar-refractivity contribution in [1.29, 1.82) is 0 Å². The van der Waals surface area contributed by atoms with Crippen LogP contribution < -0.4 is 4.74 Å². The van der Waals surface area contributed by atoms with E-state index in [2.05, 4.69) is 0 Å². The Balaban J connectivity index is 1.39. The number of hydrogen-bond donors (Lipinski definition) is 0. The molecule has 0 bridgehead atoms. The highest BCUT2D eigenvalue weighted by Crippen LogP contribution is 2.45. The first-order valence-corrected chi connectivity index (χ1v) is 14.5. The smallest absolute Gasteiger partial charge is 0.233 e. The third-order valence-electron chi connectivity index (χ3n) is 8.81. The number of carbonyl (C=O) groups excluding carboxylic acids is 2. The summed E-state index contributed by atoms with van der Waals surface area (Å²) in [5, 5.41) is 0.643. The Hall–Kier alpha value is -2.60. The van der Waals surface area contributed by atoms with Crippen molar-refractivity contribution in [3.8, 4) is 5.75 Å². The number of nitrogens with zero attached hydrogens (tertiary/aromatic N) is 2. The Labute approximate surface area is 230 Å². The molecule has 0 unspecified atom stereocenters. The van der Waals surface area contributed by atoms with Gasteiger partial charge in [-0.25, -0.2) is 4.39 Å². The minimum Gasteiger partial charge on any atom is -0.493 e. The molecule has 38 heavy (non-hydrogen) atoms. The number of halogens is 2. The van der Waals surface area contributed by atoms with Gasteiger partial charge in [0.15, 0.2) is 0 Å². The van der Waals surface area contributed by atoms with Gasteiger partial charge in [-0.05, 0) is 86.9 Å². The molecule has 2 aromatic carbocycles. The maximum Gasteiger partial charge on any atom is 0.233 e. The number of piperidine rings is 2. The van der Waals surface area contributed by atoms with Crippen molar-refractivity contribution >= 4 is 23.4 Å². The second-order valence-corrected chi connectivity index (χ2v) is 11.9. The van der Waals surface area contributed by atoms with Crippen LogP contribution in [0.2, 0.25) is 5.02 Å². The van der Waals surface area contributed by atoms with E-state index in [9.17, 15) is 14.0 Å². The molecule has 0 aromatic heterocycles. The second kappa shape index (κ2) is 11.6. The van der Waals surface area contributed by atoms with Gasteiger partial charge in [0.1, 0.15) is 11.6 Å². The van der Waals surface area contributed by atoms with Crippen molar-refractivity contribution in [2.45, 2.75) is 69.6 Å². The van der Waals surface area contributed by atoms with Gasteiger partial charge in [-0.3, -0.25) is 9.59 Å². The zero-order valence-corrected chi connectivity index (χ0v) is 22.9. The van der Waals surface area contributed by atoms with Crippen LogP contribution >= 0.6 is 11.6 Å². The minimum atomic E-state index is -0.620. The van der Waals surface area contributed by atoms with E-state index in [1.165, 1.54) is 18.6 Å². The lowest BCUT2D eigenvalue weighted by atomic mass is 9.74. The highest BCUT2D eigenvalue weighted by atomic mass is 35.5. The average Bonchev–Trinajstić information content (AvgIpc) is 3.44. The van der Waals surface area contributed by atoms with Crippen LogP contribution in [0.4, 0.5) is 4.39 Å². The predicted octanol–water partition coefficient (Wildman–Crippen LogP) is 6.38. The summed E-state index contributed by atoms with van der Waals surface area (Å²) in [7, 11) is 0. The van der Waals surface area contributed by atoms with Gasteiger partial charge in [-0.1, -0.05) is 36.6 Å². The van der Waals surface area contributed by atoms with Gasteiger partial charge in [0.25, 0.3) is 0 Å². The standard InChI is InChI=1S/C31H38ClFN2O3/c32-25-9-13-27(14-10-25)38-23-30(21-28(36)34-18-4-1-5-19-34)15-6-20-35(22-30)29(37)31(16-2-3-17-31)24-7-11-26(33)12-8-24/h7-14H,1-6,15-23H2/t30-/m0/s1. The fourth-order valence-electron chi connectivity index (χ4n) is 6.71. The Morgan fingerprint density at radius 3 is 2.16 bits per heavy atom. The molecule has 3 aliphatic rings. The number of rotatable bonds is 7. The van der Waals surface area contributed by atoms with Crippen molar-refractivity contribution in [3.05, 3.63) is 64.9 Å². The molecule has 5 rings (SSSR count). The van der Waals surface area contributed by atoms with Gasteiger partial charge in [0, 0.05) is 43.0 Å². The maximum absolute atomic E-state index is 14.3. The number of benzene rings is 2. The SMILES string of the molecule is O=C(C[C@@]1(COc2ccc(Cl)cc2)CCCN(C(=O)C2(c3ccc(F)cc3)CCCC2)C1)N1CCCCC1. The van der Waals surface area contributed by atoms with E-state index in [-0.39, 0.29) is 17.6 Å². The van der Waals surface area contributed by atoms with Crippen molar-refractivity contribution < 1.29 is 18.7 Å². The lowest BCUT2D eigenvalue weighted by Crippen LogP contribution is -2.55. The first-order valence-electron chi connectivity index (χ1n) is 14.1. The summed E-state index contributed by atoms with van der Waals surface area (Å²) in [6, 6.07) is 13.8. The molecule has 0 N–H and O–H groups in total. The minimum absolute atomic E-state index is 0.114. The van der Waals surface area contributed by atoms with Crippen LogP contribution in [0, 0.1) is 11.2 Å². The Kier molecular flexibility index (Phi) is 8.27. The molecule has 1 saturated carbocycles. The molecule has 2 saturated heterocycles. The lowest BCUT2D eigenvalue weighted by Gasteiger charge is -2.46. The predicted molar refractivity (Wildman–Crippen MR) is 147 cm³/mol. The van der Waals surface area contributed by atoms with Gasteiger partial charge >= 0.3 is 0 Å². The number of amides is 2. The van der Waals surface area contributed by atoms with E-state index < -0.39 is 10.8 Å². The molecule has 2 aromatic rings. The second-order valence-electron chi connectivity index (χ2n) is 11.5. The molecule has 2 aliphatic heterocycles. The molecule has 0 spiro atoms. The summed E-state index contributed by atoms with van der Waals surface area (Å²) in [5.41, 5.74) is -0.186. The zero-order chi connectivity index (χ0) is 26.6. The Morgan fingerprint density at radius 1 is 0.816 bits per heavy atom. The van der Waals surface area contributed by atoms with Crippen molar-refractivity contribution in [1.82, 2.24) is 9.80 Å². The van der Waals surface area contributed by atoms with Crippen molar-refractivity contribution in [3.63, 3.8) is 0 Å². The van der Waals surface area contributed by atoms with E-state index in [1.54, 1.807) is 24.3 Å². The molecule has 0 radical (unpaired) electrons. The first kappa shape index (κ1) is 27.0. The summed E-state index contributed by atoms with van der Waals surface area (Å²) < 4.78 is 20.0. The summed E-state index contributed by atoms with van der Waals surface area (Å²) >= 11 is 6.06. The van der Waals surface area contributed by atoms with E-state index in [1.807, 2.05) is 21.9 Å². The van der Waals surface area contributed by atoms with Gasteiger partial charge in [-0.15, -0.1) is 0 Å². The maximum atomic E-state index is 14.3. The number of carbonyl (C=O) groups is 2. The van der Waals surface area contributed by atoms with Gasteiger partial charge in [0.05, 0.1) is 12.0 Å². The summed E-state index contributed by atoms with van der Waals surface area (Å²) in [6.07, 6.45) is 8.79. The molecule has 2 heterocycles. The van der Waals surface area contributed by atoms with Crippen LogP contribution in [-0.4, -0.2) is 54.4 Å². The molecular weight excluding hydrogens is 503 g/mol. The van der Waals surface area contributed by atoms with E-state index >= 15 is 0 Å². The van der Waals surface area contributed by atoms with Crippen LogP contribution in [0.25, 0.3) is 0 Å². The number of hydrogen-bond acceptors (Lipinski definition) is 3. The molecule has 3 fully saturated rings. The fourth-order valence-corrected chi connectivity index (χ4v) is 6.84. The molecule has 7 heteroatoms. The first-order chi connectivity index (χ1) is 18.4. The molecule has 2 amide bonds. The number of likely N-dealkylation sites (tertiary alicyclic amines) is 2. The van der Waals surface area contributed by atoms with Crippen LogP contribution in [0.3, 0.4) is 0 Å². The lowest BCUT2D eigenvalue weighted by molar-refractivity contribution is -0.145. The normalized spacial score (nSPS) is 23.3. The topological polar surface area (TPSA) is 49.9 Å². The quantitative estimate of drug-likeness (QED) is 0.409. The molecule has 1 aliphatic carbocycles. The average molecular weight is 541 g/mol. The highest BCUT2D eigenvalue weighted by Gasteiger charge is 2.48. The molecule has 1 atom stereocenters. The van der Waals surface area contributed by atoms with Crippen LogP contribution in [0.1, 0.15) is 69.8 Å². The zero-order valence-electron chi connectivity index (χ0n) is 22.1. The Morgan fingerprint density at radius 2 is 1.47 bits per heavy atom. The van der Waals surface area contributed by atoms with Gasteiger partial charge < -0.3 is 14.5 Å². The number of ether oxygens (including phenoxy) is 1. The van der Waals surface area contributed by atoms with E-state index in [0.717, 1.165) is 70.0 Å². The van der Waals surface area contributed by atoms with Gasteiger partial charge in [0.2, 0.25) is 11.8 Å². The molecule has 5 nitrogen and oxygen atoms in total. The molecule has 204 valence electrons. The van der Waals surface area contributed by atoms with Gasteiger partial charge in [-0.2, -0.15) is 0 Å². The van der Waals surface area contributed by atoms with E-state index in [4.69, 9.17) is 16.3 Å². The van der Waals surface area contributed by atoms with Crippen molar-refractivity contribution in [2.75, 3.05) is 32.8 Å². The highest BCUT2D eigenvalue weighted by molar-refractivity contribution is 6.30. The van der Waals surface area contributed by atoms with Crippen LogP contribution in [-0.2, 0) is 15.0 Å². The third-order valence-corrected chi connectivity index (χ3v) is 9.06. The molecular formula is C31H38ClFN2O3.